The number of nitrogens with zero attached hydrogens (tertiary/aromatic N) is 1. The van der Waals surface area contributed by atoms with E-state index in [4.69, 9.17) is 0 Å². The van der Waals surface area contributed by atoms with Gasteiger partial charge in [-0.2, -0.15) is 5.10 Å². The Morgan fingerprint density at radius 1 is 1.21 bits per heavy atom. The van der Waals surface area contributed by atoms with E-state index in [9.17, 15) is 0 Å². The highest BCUT2D eigenvalue weighted by atomic mass is 15.1. The van der Waals surface area contributed by atoms with Crippen LogP contribution in [0.2, 0.25) is 0 Å². The number of aryl methyl sites for hydroxylation is 1. The summed E-state index contributed by atoms with van der Waals surface area (Å²) in [7, 11) is 1.94. The van der Waals surface area contributed by atoms with E-state index in [0.717, 1.165) is 12.2 Å². The number of hydrogen-bond acceptors (Lipinski definition) is 2. The summed E-state index contributed by atoms with van der Waals surface area (Å²) in [5.74, 6) is 0. The molecule has 3 nitrogen and oxygen atoms in total. The van der Waals surface area contributed by atoms with Gasteiger partial charge in [0.15, 0.2) is 0 Å². The molecule has 0 amide bonds. The standard InChI is InChI=1S/C16H23N3/c1-11-8-12(16(2,3)4)6-7-13(11)14-9-18-19-15(14)10-17-5/h6-9,17H,10H2,1-5H3,(H,18,19). The molecule has 2 aromatic rings. The molecule has 0 atom stereocenters. The average molecular weight is 257 g/mol. The number of nitrogens with one attached hydrogen (secondary N) is 2. The zero-order valence-corrected chi connectivity index (χ0v) is 12.5. The highest BCUT2D eigenvalue weighted by Gasteiger charge is 2.16. The van der Waals surface area contributed by atoms with E-state index in [0.29, 0.717) is 0 Å². The smallest absolute Gasteiger partial charge is 0.0569 e. The lowest BCUT2D eigenvalue weighted by molar-refractivity contribution is 0.590. The number of aromatic nitrogens is 2. The van der Waals surface area contributed by atoms with Crippen molar-refractivity contribution in [1.82, 2.24) is 15.5 Å². The number of rotatable bonds is 3. The molecule has 0 saturated heterocycles. The highest BCUT2D eigenvalue weighted by Crippen LogP contribution is 2.30. The van der Waals surface area contributed by atoms with Gasteiger partial charge in [0.25, 0.3) is 0 Å². The molecule has 0 radical (unpaired) electrons. The number of aromatic amines is 1. The van der Waals surface area contributed by atoms with E-state index in [1.165, 1.54) is 22.3 Å². The van der Waals surface area contributed by atoms with Crippen molar-refractivity contribution in [3.8, 4) is 11.1 Å². The quantitative estimate of drug-likeness (QED) is 0.884. The van der Waals surface area contributed by atoms with Gasteiger partial charge in [0.2, 0.25) is 0 Å². The fraction of sp³-hybridized carbons (Fsp3) is 0.438. The lowest BCUT2D eigenvalue weighted by atomic mass is 9.84. The van der Waals surface area contributed by atoms with Gasteiger partial charge >= 0.3 is 0 Å². The predicted octanol–water partition coefficient (Wildman–Crippen LogP) is 3.40. The minimum absolute atomic E-state index is 0.188. The van der Waals surface area contributed by atoms with Crippen molar-refractivity contribution in [2.75, 3.05) is 7.05 Å². The summed E-state index contributed by atoms with van der Waals surface area (Å²) in [6.45, 7) is 9.69. The first-order valence-electron chi connectivity index (χ1n) is 6.72. The van der Waals surface area contributed by atoms with Crippen molar-refractivity contribution in [1.29, 1.82) is 0 Å². The third-order valence-electron chi connectivity index (χ3n) is 3.45. The summed E-state index contributed by atoms with van der Waals surface area (Å²) in [4.78, 5) is 0. The summed E-state index contributed by atoms with van der Waals surface area (Å²) in [5, 5.41) is 10.4. The van der Waals surface area contributed by atoms with Gasteiger partial charge in [-0.15, -0.1) is 0 Å². The van der Waals surface area contributed by atoms with Crippen molar-refractivity contribution >= 4 is 0 Å². The van der Waals surface area contributed by atoms with Crippen LogP contribution >= 0.6 is 0 Å². The molecule has 2 N–H and O–H groups in total. The van der Waals surface area contributed by atoms with E-state index >= 15 is 0 Å². The van der Waals surface area contributed by atoms with Gasteiger partial charge in [0.05, 0.1) is 11.9 Å². The highest BCUT2D eigenvalue weighted by molar-refractivity contribution is 5.69. The van der Waals surface area contributed by atoms with Crippen LogP contribution in [0.3, 0.4) is 0 Å². The van der Waals surface area contributed by atoms with E-state index in [1.807, 2.05) is 13.2 Å². The zero-order chi connectivity index (χ0) is 14.0. The lowest BCUT2D eigenvalue weighted by Crippen LogP contribution is -2.11. The molecule has 0 saturated carbocycles. The molecule has 0 aliphatic heterocycles. The molecular formula is C16H23N3. The van der Waals surface area contributed by atoms with Gasteiger partial charge in [-0.25, -0.2) is 0 Å². The zero-order valence-electron chi connectivity index (χ0n) is 12.5. The van der Waals surface area contributed by atoms with Crippen LogP contribution in [0.15, 0.2) is 24.4 Å². The van der Waals surface area contributed by atoms with Crippen molar-refractivity contribution in [2.24, 2.45) is 0 Å². The van der Waals surface area contributed by atoms with Crippen molar-refractivity contribution < 1.29 is 0 Å². The third kappa shape index (κ3) is 2.87. The molecule has 0 unspecified atom stereocenters. The molecule has 1 heterocycles. The monoisotopic (exact) mass is 257 g/mol. The fourth-order valence-corrected chi connectivity index (χ4v) is 2.29. The van der Waals surface area contributed by atoms with E-state index in [2.05, 4.69) is 61.4 Å². The third-order valence-corrected chi connectivity index (χ3v) is 3.45. The molecule has 0 fully saturated rings. The minimum Gasteiger partial charge on any atom is -0.314 e. The van der Waals surface area contributed by atoms with Crippen molar-refractivity contribution in [2.45, 2.75) is 39.7 Å². The largest absolute Gasteiger partial charge is 0.314 e. The topological polar surface area (TPSA) is 40.7 Å². The van der Waals surface area contributed by atoms with Crippen molar-refractivity contribution in [3.63, 3.8) is 0 Å². The van der Waals surface area contributed by atoms with Crippen LogP contribution in [0.5, 0.6) is 0 Å². The predicted molar refractivity (Wildman–Crippen MR) is 80.2 cm³/mol. The Morgan fingerprint density at radius 3 is 2.53 bits per heavy atom. The van der Waals surface area contributed by atoms with E-state index in [1.54, 1.807) is 0 Å². The van der Waals surface area contributed by atoms with Crippen LogP contribution in [0.1, 0.15) is 37.6 Å². The van der Waals surface area contributed by atoms with Gasteiger partial charge in [0, 0.05) is 12.1 Å². The maximum Gasteiger partial charge on any atom is 0.0569 e. The Balaban J connectivity index is 2.44. The summed E-state index contributed by atoms with van der Waals surface area (Å²) >= 11 is 0. The molecule has 1 aromatic carbocycles. The molecule has 3 heteroatoms. The summed E-state index contributed by atoms with van der Waals surface area (Å²) in [5.41, 5.74) is 6.43. The van der Waals surface area contributed by atoms with E-state index in [-0.39, 0.29) is 5.41 Å². The number of hydrogen-bond donors (Lipinski definition) is 2. The number of benzene rings is 1. The maximum atomic E-state index is 4.16. The second-order valence-electron chi connectivity index (χ2n) is 6.07. The fourth-order valence-electron chi connectivity index (χ4n) is 2.29. The molecule has 2 rings (SSSR count). The van der Waals surface area contributed by atoms with Gasteiger partial charge in [-0.05, 0) is 36.1 Å². The van der Waals surface area contributed by atoms with Crippen LogP contribution < -0.4 is 5.32 Å². The second kappa shape index (κ2) is 5.17. The average Bonchev–Trinajstić information content (AvgIpc) is 2.76. The van der Waals surface area contributed by atoms with E-state index < -0.39 is 0 Å². The van der Waals surface area contributed by atoms with Gasteiger partial charge < -0.3 is 5.32 Å². The first-order chi connectivity index (χ1) is 8.93. The summed E-state index contributed by atoms with van der Waals surface area (Å²) in [6.07, 6.45) is 1.91. The van der Waals surface area contributed by atoms with Crippen LogP contribution in [0.25, 0.3) is 11.1 Å². The van der Waals surface area contributed by atoms with Gasteiger partial charge in [-0.3, -0.25) is 5.10 Å². The summed E-state index contributed by atoms with van der Waals surface area (Å²) < 4.78 is 0. The molecule has 0 aliphatic carbocycles. The molecule has 0 bridgehead atoms. The summed E-state index contributed by atoms with van der Waals surface area (Å²) in [6, 6.07) is 6.71. The molecule has 1 aromatic heterocycles. The molecule has 0 aliphatic rings. The minimum atomic E-state index is 0.188. The Hall–Kier alpha value is -1.61. The van der Waals surface area contributed by atoms with Crippen LogP contribution in [0.4, 0.5) is 0 Å². The van der Waals surface area contributed by atoms with Gasteiger partial charge in [0.1, 0.15) is 0 Å². The molecular weight excluding hydrogens is 234 g/mol. The number of H-pyrrole nitrogens is 1. The molecule has 19 heavy (non-hydrogen) atoms. The second-order valence-corrected chi connectivity index (χ2v) is 6.07. The molecule has 0 spiro atoms. The first kappa shape index (κ1) is 13.8. The van der Waals surface area contributed by atoms with Crippen LogP contribution in [-0.4, -0.2) is 17.2 Å². The Kier molecular flexibility index (Phi) is 3.76. The Bertz CT molecular complexity index is 562. The lowest BCUT2D eigenvalue weighted by Gasteiger charge is -2.20. The van der Waals surface area contributed by atoms with Gasteiger partial charge in [-0.1, -0.05) is 39.0 Å². The normalized spacial score (nSPS) is 11.8. The molecule has 102 valence electrons. The maximum absolute atomic E-state index is 4.16. The van der Waals surface area contributed by atoms with Crippen LogP contribution in [0, 0.1) is 6.92 Å². The van der Waals surface area contributed by atoms with Crippen molar-refractivity contribution in [3.05, 3.63) is 41.2 Å². The Labute approximate surface area is 115 Å². The SMILES string of the molecule is CNCc1[nH]ncc1-c1ccc(C(C)(C)C)cc1C. The Morgan fingerprint density at radius 2 is 1.95 bits per heavy atom. The first-order valence-corrected chi connectivity index (χ1v) is 6.72. The van der Waals surface area contributed by atoms with Crippen LogP contribution in [-0.2, 0) is 12.0 Å².